The third-order valence-corrected chi connectivity index (χ3v) is 3.53. The quantitative estimate of drug-likeness (QED) is 0.445. The summed E-state index contributed by atoms with van der Waals surface area (Å²) in [6.45, 7) is 5.70. The molecule has 0 amide bonds. The average molecular weight is 322 g/mol. The molecule has 0 radical (unpaired) electrons. The van der Waals surface area contributed by atoms with Crippen molar-refractivity contribution in [3.05, 3.63) is 78.2 Å². The van der Waals surface area contributed by atoms with Gasteiger partial charge >= 0.3 is 23.1 Å². The molecule has 0 N–H and O–H groups in total. The van der Waals surface area contributed by atoms with Crippen LogP contribution in [-0.4, -0.2) is 33.5 Å². The summed E-state index contributed by atoms with van der Waals surface area (Å²) in [4.78, 5) is 2.27. The molecule has 2 aromatic carbocycles. The van der Waals surface area contributed by atoms with Gasteiger partial charge in [0, 0.05) is 18.6 Å². The van der Waals surface area contributed by atoms with Crippen LogP contribution in [0.5, 0.6) is 0 Å². The Labute approximate surface area is 156 Å². The van der Waals surface area contributed by atoms with Crippen molar-refractivity contribution in [2.75, 3.05) is 0 Å². The molecule has 0 bridgehead atoms. The Bertz CT molecular complexity index is 534. The van der Waals surface area contributed by atoms with Crippen LogP contribution in [0.15, 0.2) is 60.7 Å². The normalized spacial score (nSPS) is 10.3. The molecule has 0 spiro atoms. The van der Waals surface area contributed by atoms with E-state index in [0.717, 1.165) is 13.1 Å². The van der Waals surface area contributed by atoms with Crippen LogP contribution in [0.2, 0.25) is 0 Å². The van der Waals surface area contributed by atoms with E-state index in [4.69, 9.17) is 6.42 Å². The monoisotopic (exact) mass is 321 g/mol. The van der Waals surface area contributed by atoms with Gasteiger partial charge in [-0.25, -0.2) is 0 Å². The second-order valence-electron chi connectivity index (χ2n) is 5.51. The van der Waals surface area contributed by atoms with E-state index in [1.54, 1.807) is 0 Å². The van der Waals surface area contributed by atoms with E-state index in [1.165, 1.54) is 11.1 Å². The second kappa shape index (κ2) is 9.92. The molecule has 0 saturated heterocycles. The fourth-order valence-electron chi connectivity index (χ4n) is 2.14. The zero-order valence-corrected chi connectivity index (χ0v) is 15.4. The summed E-state index contributed by atoms with van der Waals surface area (Å²) in [5, 5.41) is 0. The van der Waals surface area contributed by atoms with Gasteiger partial charge in [-0.1, -0.05) is 60.7 Å². The van der Waals surface area contributed by atoms with Gasteiger partial charge in [0.1, 0.15) is 0 Å². The number of benzene rings is 2. The van der Waals surface area contributed by atoms with E-state index in [0.29, 0.717) is 0 Å². The van der Waals surface area contributed by atoms with Crippen LogP contribution < -0.4 is 12.4 Å². The standard InChI is InChI=1S/C19H20N.ClH.Mg/c1-4-19(2,3)20(15-17-11-7-5-8-12-17)16-18-13-9-6-10-14-18;;/h5-14H,15-16H2,2-3H3;1H;/q-1;;+2/p-1. The van der Waals surface area contributed by atoms with Crippen molar-refractivity contribution in [3.63, 3.8) is 0 Å². The summed E-state index contributed by atoms with van der Waals surface area (Å²) < 4.78 is 0. The molecular formula is C19H20ClMgN. The fourth-order valence-corrected chi connectivity index (χ4v) is 2.14. The first-order valence-electron chi connectivity index (χ1n) is 6.88. The first kappa shape index (κ1) is 21.0. The first-order chi connectivity index (χ1) is 9.62. The molecule has 0 aliphatic rings. The molecule has 0 atom stereocenters. The predicted octanol–water partition coefficient (Wildman–Crippen LogP) is 0.680. The maximum Gasteiger partial charge on any atom is 2.00 e. The Morgan fingerprint density at radius 2 is 1.23 bits per heavy atom. The first-order valence-corrected chi connectivity index (χ1v) is 6.88. The summed E-state index contributed by atoms with van der Waals surface area (Å²) in [7, 11) is 0. The van der Waals surface area contributed by atoms with E-state index in [9.17, 15) is 0 Å². The number of hydrogen-bond acceptors (Lipinski definition) is 1. The third-order valence-electron chi connectivity index (χ3n) is 3.53. The van der Waals surface area contributed by atoms with Crippen molar-refractivity contribution in [3.8, 4) is 5.92 Å². The van der Waals surface area contributed by atoms with E-state index >= 15 is 0 Å². The topological polar surface area (TPSA) is 3.24 Å². The molecule has 0 unspecified atom stereocenters. The van der Waals surface area contributed by atoms with Crippen LogP contribution in [0.1, 0.15) is 25.0 Å². The molecule has 0 aliphatic carbocycles. The Morgan fingerprint density at radius 3 is 1.55 bits per heavy atom. The minimum Gasteiger partial charge on any atom is -1.00 e. The van der Waals surface area contributed by atoms with E-state index in [1.807, 2.05) is 26.0 Å². The van der Waals surface area contributed by atoms with Crippen molar-refractivity contribution in [2.24, 2.45) is 0 Å². The van der Waals surface area contributed by atoms with Crippen molar-refractivity contribution in [2.45, 2.75) is 32.5 Å². The number of nitrogens with zero attached hydrogens (tertiary/aromatic N) is 1. The van der Waals surface area contributed by atoms with Crippen molar-refractivity contribution < 1.29 is 12.4 Å². The zero-order valence-electron chi connectivity index (χ0n) is 13.2. The molecule has 2 aromatic rings. The van der Waals surface area contributed by atoms with Gasteiger partial charge < -0.3 is 24.8 Å². The van der Waals surface area contributed by atoms with E-state index in [-0.39, 0.29) is 41.0 Å². The van der Waals surface area contributed by atoms with Gasteiger partial charge in [-0.3, -0.25) is 4.90 Å². The molecule has 22 heavy (non-hydrogen) atoms. The smallest absolute Gasteiger partial charge is 1.00 e. The molecule has 2 rings (SSSR count). The number of hydrogen-bond donors (Lipinski definition) is 0. The summed E-state index contributed by atoms with van der Waals surface area (Å²) in [5.41, 5.74) is 2.13. The predicted molar refractivity (Wildman–Crippen MR) is 89.1 cm³/mol. The minimum atomic E-state index is -0.383. The van der Waals surface area contributed by atoms with Crippen LogP contribution in [0.4, 0.5) is 0 Å². The molecule has 0 aliphatic heterocycles. The van der Waals surface area contributed by atoms with Crippen LogP contribution in [0.25, 0.3) is 0 Å². The molecule has 110 valence electrons. The molecule has 0 aromatic heterocycles. The van der Waals surface area contributed by atoms with Gasteiger partial charge in [0.25, 0.3) is 0 Å². The average Bonchev–Trinajstić information content (AvgIpc) is 2.49. The second-order valence-corrected chi connectivity index (χ2v) is 5.51. The fraction of sp³-hybridized carbons (Fsp3) is 0.263. The van der Waals surface area contributed by atoms with Crippen molar-refractivity contribution >= 4 is 23.1 Å². The molecular weight excluding hydrogens is 302 g/mol. The van der Waals surface area contributed by atoms with Crippen LogP contribution in [-0.2, 0) is 13.1 Å². The Hall–Kier alpha value is -0.984. The van der Waals surface area contributed by atoms with Gasteiger partial charge in [0.15, 0.2) is 0 Å². The SMILES string of the molecule is [C-]#CC(C)(C)N(Cc1ccccc1)Cc1ccccc1.[Cl-].[Mg+2]. The van der Waals surface area contributed by atoms with Gasteiger partial charge in [-0.2, -0.15) is 0 Å². The summed E-state index contributed by atoms with van der Waals surface area (Å²) in [5.74, 6) is 2.66. The summed E-state index contributed by atoms with van der Waals surface area (Å²) in [6, 6.07) is 20.8. The van der Waals surface area contributed by atoms with Gasteiger partial charge in [-0.05, 0) is 25.0 Å². The molecule has 3 heteroatoms. The van der Waals surface area contributed by atoms with E-state index in [2.05, 4.69) is 59.4 Å². The minimum absolute atomic E-state index is 0. The summed E-state index contributed by atoms with van der Waals surface area (Å²) >= 11 is 0. The van der Waals surface area contributed by atoms with Crippen LogP contribution >= 0.6 is 0 Å². The molecule has 0 saturated carbocycles. The number of rotatable bonds is 5. The third kappa shape index (κ3) is 6.02. The Balaban J connectivity index is 0.00000220. The van der Waals surface area contributed by atoms with Crippen LogP contribution in [0, 0.1) is 12.3 Å². The van der Waals surface area contributed by atoms with Crippen molar-refractivity contribution in [1.82, 2.24) is 4.90 Å². The largest absolute Gasteiger partial charge is 2.00 e. The van der Waals surface area contributed by atoms with Gasteiger partial charge in [0.2, 0.25) is 0 Å². The molecule has 0 fully saturated rings. The van der Waals surface area contributed by atoms with Gasteiger partial charge in [0.05, 0.1) is 0 Å². The van der Waals surface area contributed by atoms with E-state index < -0.39 is 0 Å². The number of halogens is 1. The summed E-state index contributed by atoms with van der Waals surface area (Å²) in [6.07, 6.45) is 7.58. The van der Waals surface area contributed by atoms with Crippen LogP contribution in [0.3, 0.4) is 0 Å². The maximum absolute atomic E-state index is 7.58. The Morgan fingerprint density at radius 1 is 0.864 bits per heavy atom. The molecule has 0 heterocycles. The maximum atomic E-state index is 7.58. The zero-order chi connectivity index (χ0) is 14.4. The molecule has 1 nitrogen and oxygen atoms in total. The van der Waals surface area contributed by atoms with Gasteiger partial charge in [-0.15, -0.1) is 0 Å². The Kier molecular flexibility index (Phi) is 9.47. The van der Waals surface area contributed by atoms with Crippen molar-refractivity contribution in [1.29, 1.82) is 0 Å².